The molecular formula is C21H23ClN4O3S. The lowest BCUT2D eigenvalue weighted by Crippen LogP contribution is -2.41. The van der Waals surface area contributed by atoms with Gasteiger partial charge in [0.05, 0.1) is 16.9 Å². The summed E-state index contributed by atoms with van der Waals surface area (Å²) in [5.74, 6) is -0.375. The Kier molecular flexibility index (Phi) is 7.12. The zero-order valence-electron chi connectivity index (χ0n) is 16.5. The number of sulfonamides is 1. The number of imidazole rings is 1. The van der Waals surface area contributed by atoms with Gasteiger partial charge in [-0.25, -0.2) is 13.4 Å². The van der Waals surface area contributed by atoms with Crippen LogP contribution in [0.15, 0.2) is 72.1 Å². The second-order valence-electron chi connectivity index (χ2n) is 6.81. The van der Waals surface area contributed by atoms with E-state index in [2.05, 4.69) is 10.3 Å². The molecule has 3 aromatic rings. The van der Waals surface area contributed by atoms with E-state index < -0.39 is 10.0 Å². The molecule has 0 radical (unpaired) electrons. The first-order valence-corrected chi connectivity index (χ1v) is 11.3. The first-order chi connectivity index (χ1) is 14.4. The van der Waals surface area contributed by atoms with E-state index in [9.17, 15) is 13.2 Å². The molecule has 1 N–H and O–H groups in total. The lowest BCUT2D eigenvalue weighted by Gasteiger charge is -2.24. The van der Waals surface area contributed by atoms with E-state index in [1.165, 1.54) is 24.3 Å². The van der Waals surface area contributed by atoms with Crippen molar-refractivity contribution in [3.05, 3.63) is 77.8 Å². The van der Waals surface area contributed by atoms with Crippen molar-refractivity contribution < 1.29 is 13.2 Å². The number of hydrogen-bond acceptors (Lipinski definition) is 4. The van der Waals surface area contributed by atoms with Crippen LogP contribution in [0, 0.1) is 6.92 Å². The third kappa shape index (κ3) is 5.61. The molecule has 0 saturated heterocycles. The summed E-state index contributed by atoms with van der Waals surface area (Å²) in [6.07, 6.45) is 5.95. The Morgan fingerprint density at radius 3 is 2.63 bits per heavy atom. The highest BCUT2D eigenvalue weighted by molar-refractivity contribution is 7.92. The number of nitrogens with zero attached hydrogens (tertiary/aromatic N) is 3. The molecule has 0 fully saturated rings. The maximum absolute atomic E-state index is 13.3. The Balaban J connectivity index is 1.74. The standard InChI is InChI=1S/C21H23ClN4O3S/c1-17-4-2-5-19(14-17)26(30(28,29)20-8-6-18(22)7-9-20)15-21(27)24-10-3-12-25-13-11-23-16-25/h2,4-9,11,13-14,16H,3,10,12,15H2,1H3,(H,24,27). The first-order valence-electron chi connectivity index (χ1n) is 9.44. The van der Waals surface area contributed by atoms with Gasteiger partial charge in [-0.05, 0) is 55.3 Å². The molecule has 0 aliphatic rings. The van der Waals surface area contributed by atoms with Gasteiger partial charge in [0.1, 0.15) is 6.54 Å². The summed E-state index contributed by atoms with van der Waals surface area (Å²) in [5, 5.41) is 3.23. The fraction of sp³-hybridized carbons (Fsp3) is 0.238. The summed E-state index contributed by atoms with van der Waals surface area (Å²) in [6.45, 7) is 2.69. The number of hydrogen-bond donors (Lipinski definition) is 1. The van der Waals surface area contributed by atoms with E-state index in [0.29, 0.717) is 30.2 Å². The minimum absolute atomic E-state index is 0.0707. The van der Waals surface area contributed by atoms with Crippen LogP contribution >= 0.6 is 11.6 Å². The van der Waals surface area contributed by atoms with Crippen LogP contribution in [0.3, 0.4) is 0 Å². The summed E-state index contributed by atoms with van der Waals surface area (Å²) >= 11 is 5.89. The zero-order valence-corrected chi connectivity index (χ0v) is 18.1. The number of aryl methyl sites for hydroxylation is 2. The topological polar surface area (TPSA) is 84.3 Å². The number of carbonyl (C=O) groups excluding carboxylic acids is 1. The van der Waals surface area contributed by atoms with Crippen molar-refractivity contribution in [1.82, 2.24) is 14.9 Å². The van der Waals surface area contributed by atoms with Crippen LogP contribution in [0.5, 0.6) is 0 Å². The summed E-state index contributed by atoms with van der Waals surface area (Å²) in [4.78, 5) is 16.6. The van der Waals surface area contributed by atoms with Crippen LogP contribution in [0.2, 0.25) is 5.02 Å². The highest BCUT2D eigenvalue weighted by Crippen LogP contribution is 2.25. The Bertz CT molecular complexity index is 1080. The average Bonchev–Trinajstić information content (AvgIpc) is 3.23. The fourth-order valence-electron chi connectivity index (χ4n) is 2.93. The van der Waals surface area contributed by atoms with Gasteiger partial charge >= 0.3 is 0 Å². The molecule has 1 amide bonds. The Hall–Kier alpha value is -2.84. The molecule has 3 rings (SSSR count). The van der Waals surface area contributed by atoms with Gasteiger partial charge in [0.15, 0.2) is 0 Å². The number of anilines is 1. The molecule has 0 atom stereocenters. The number of halogens is 1. The molecule has 0 saturated carbocycles. The summed E-state index contributed by atoms with van der Waals surface area (Å²) in [7, 11) is -3.95. The normalized spacial score (nSPS) is 11.3. The monoisotopic (exact) mass is 446 g/mol. The maximum atomic E-state index is 13.3. The summed E-state index contributed by atoms with van der Waals surface area (Å²) in [6, 6.07) is 12.9. The molecule has 7 nitrogen and oxygen atoms in total. The predicted molar refractivity (Wildman–Crippen MR) is 117 cm³/mol. The Labute approximate surface area is 181 Å². The molecule has 2 aromatic carbocycles. The summed E-state index contributed by atoms with van der Waals surface area (Å²) in [5.41, 5.74) is 1.32. The molecule has 0 unspecified atom stereocenters. The molecule has 1 heterocycles. The third-order valence-corrected chi connectivity index (χ3v) is 6.49. The summed E-state index contributed by atoms with van der Waals surface area (Å²) < 4.78 is 29.6. The average molecular weight is 447 g/mol. The highest BCUT2D eigenvalue weighted by atomic mass is 35.5. The van der Waals surface area contributed by atoms with Crippen LogP contribution in [-0.2, 0) is 21.4 Å². The van der Waals surface area contributed by atoms with Crippen molar-refractivity contribution in [1.29, 1.82) is 0 Å². The number of nitrogens with one attached hydrogen (secondary N) is 1. The molecular weight excluding hydrogens is 424 g/mol. The van der Waals surface area contributed by atoms with E-state index in [1.807, 2.05) is 23.8 Å². The van der Waals surface area contributed by atoms with Gasteiger partial charge in [0, 0.05) is 30.5 Å². The fourth-order valence-corrected chi connectivity index (χ4v) is 4.47. The lowest BCUT2D eigenvalue weighted by molar-refractivity contribution is -0.119. The minimum Gasteiger partial charge on any atom is -0.354 e. The molecule has 9 heteroatoms. The van der Waals surface area contributed by atoms with Gasteiger partial charge in [-0.1, -0.05) is 23.7 Å². The molecule has 30 heavy (non-hydrogen) atoms. The first kappa shape index (κ1) is 21.9. The van der Waals surface area contributed by atoms with E-state index >= 15 is 0 Å². The highest BCUT2D eigenvalue weighted by Gasteiger charge is 2.27. The van der Waals surface area contributed by atoms with Gasteiger partial charge in [-0.3, -0.25) is 9.10 Å². The Morgan fingerprint density at radius 1 is 1.20 bits per heavy atom. The molecule has 0 aliphatic heterocycles. The number of benzene rings is 2. The van der Waals surface area contributed by atoms with Gasteiger partial charge in [0.2, 0.25) is 5.91 Å². The van der Waals surface area contributed by atoms with Crippen molar-refractivity contribution in [2.75, 3.05) is 17.4 Å². The van der Waals surface area contributed by atoms with Crippen LogP contribution in [0.25, 0.3) is 0 Å². The lowest BCUT2D eigenvalue weighted by atomic mass is 10.2. The zero-order chi connectivity index (χ0) is 21.6. The number of amides is 1. The SMILES string of the molecule is Cc1cccc(N(CC(=O)NCCCn2ccnc2)S(=O)(=O)c2ccc(Cl)cc2)c1. The second kappa shape index (κ2) is 9.77. The number of aromatic nitrogens is 2. The molecule has 158 valence electrons. The maximum Gasteiger partial charge on any atom is 0.264 e. The van der Waals surface area contributed by atoms with Gasteiger partial charge in [-0.2, -0.15) is 0 Å². The van der Waals surface area contributed by atoms with E-state index in [1.54, 1.807) is 30.7 Å². The van der Waals surface area contributed by atoms with Gasteiger partial charge in [0.25, 0.3) is 10.0 Å². The van der Waals surface area contributed by atoms with Crippen molar-refractivity contribution in [2.45, 2.75) is 24.8 Å². The van der Waals surface area contributed by atoms with Crippen molar-refractivity contribution in [3.63, 3.8) is 0 Å². The van der Waals surface area contributed by atoms with E-state index in [4.69, 9.17) is 11.6 Å². The van der Waals surface area contributed by atoms with Crippen LogP contribution < -0.4 is 9.62 Å². The predicted octanol–water partition coefficient (Wildman–Crippen LogP) is 3.25. The van der Waals surface area contributed by atoms with Crippen LogP contribution in [-0.4, -0.2) is 37.0 Å². The van der Waals surface area contributed by atoms with E-state index in [0.717, 1.165) is 9.87 Å². The Morgan fingerprint density at radius 2 is 1.97 bits per heavy atom. The van der Waals surface area contributed by atoms with Gasteiger partial charge < -0.3 is 9.88 Å². The smallest absolute Gasteiger partial charge is 0.264 e. The second-order valence-corrected chi connectivity index (χ2v) is 9.11. The van der Waals surface area contributed by atoms with Crippen molar-refractivity contribution in [2.24, 2.45) is 0 Å². The van der Waals surface area contributed by atoms with E-state index in [-0.39, 0.29) is 17.3 Å². The third-order valence-electron chi connectivity index (χ3n) is 4.45. The molecule has 0 aliphatic carbocycles. The minimum atomic E-state index is -3.95. The molecule has 0 bridgehead atoms. The molecule has 1 aromatic heterocycles. The number of rotatable bonds is 9. The van der Waals surface area contributed by atoms with Crippen LogP contribution in [0.4, 0.5) is 5.69 Å². The number of carbonyl (C=O) groups is 1. The van der Waals surface area contributed by atoms with Crippen LogP contribution in [0.1, 0.15) is 12.0 Å². The van der Waals surface area contributed by atoms with Gasteiger partial charge in [-0.15, -0.1) is 0 Å². The molecule has 0 spiro atoms. The quantitative estimate of drug-likeness (QED) is 0.511. The van der Waals surface area contributed by atoms with Crippen molar-refractivity contribution in [3.8, 4) is 0 Å². The largest absolute Gasteiger partial charge is 0.354 e. The van der Waals surface area contributed by atoms with Crippen molar-refractivity contribution >= 4 is 33.2 Å².